The number of methoxy groups -OCH3 is 2. The number of hydrogen-bond acceptors (Lipinski definition) is 3. The highest BCUT2D eigenvalue weighted by Crippen LogP contribution is 2.11. The van der Waals surface area contributed by atoms with Gasteiger partial charge in [0.2, 0.25) is 0 Å². The fourth-order valence-corrected chi connectivity index (χ4v) is 1.82. The van der Waals surface area contributed by atoms with Crippen LogP contribution in [0.2, 0.25) is 0 Å². The van der Waals surface area contributed by atoms with E-state index in [4.69, 9.17) is 9.47 Å². The van der Waals surface area contributed by atoms with E-state index >= 15 is 0 Å². The van der Waals surface area contributed by atoms with Crippen molar-refractivity contribution >= 4 is 0 Å². The van der Waals surface area contributed by atoms with Crippen LogP contribution in [-0.4, -0.2) is 33.9 Å². The Balaban J connectivity index is 2.00. The van der Waals surface area contributed by atoms with E-state index in [1.807, 2.05) is 12.1 Å². The maximum atomic E-state index is 5.13. The Kier molecular flexibility index (Phi) is 8.26. The molecule has 1 aromatic rings. The van der Waals surface area contributed by atoms with Crippen LogP contribution in [0.15, 0.2) is 24.3 Å². The van der Waals surface area contributed by atoms with Crippen LogP contribution < -0.4 is 10.1 Å². The van der Waals surface area contributed by atoms with Crippen molar-refractivity contribution in [2.24, 2.45) is 0 Å². The Labute approximate surface area is 110 Å². The van der Waals surface area contributed by atoms with Crippen LogP contribution in [0.4, 0.5) is 0 Å². The average molecular weight is 251 g/mol. The molecule has 0 bridgehead atoms. The molecule has 0 aromatic heterocycles. The Bertz CT molecular complexity index is 298. The van der Waals surface area contributed by atoms with Gasteiger partial charge in [0.25, 0.3) is 0 Å². The molecule has 0 heterocycles. The second-order valence-electron chi connectivity index (χ2n) is 4.40. The molecule has 0 fully saturated rings. The molecule has 102 valence electrons. The fraction of sp³-hybridized carbons (Fsp3) is 0.600. The lowest BCUT2D eigenvalue weighted by molar-refractivity contribution is 0.192. The molecular weight excluding hydrogens is 226 g/mol. The molecule has 1 aromatic carbocycles. The van der Waals surface area contributed by atoms with Crippen molar-refractivity contribution in [3.8, 4) is 5.75 Å². The Hall–Kier alpha value is -1.06. The van der Waals surface area contributed by atoms with Gasteiger partial charge in [-0.15, -0.1) is 0 Å². The first-order valence-corrected chi connectivity index (χ1v) is 6.69. The first kappa shape index (κ1) is 15.0. The van der Waals surface area contributed by atoms with E-state index in [0.29, 0.717) is 0 Å². The summed E-state index contributed by atoms with van der Waals surface area (Å²) in [6, 6.07) is 8.28. The summed E-state index contributed by atoms with van der Waals surface area (Å²) < 4.78 is 10.1. The summed E-state index contributed by atoms with van der Waals surface area (Å²) in [6.07, 6.45) is 4.70. The molecular formula is C15H25NO2. The highest BCUT2D eigenvalue weighted by Gasteiger charge is 1.95. The Morgan fingerprint density at radius 2 is 1.72 bits per heavy atom. The van der Waals surface area contributed by atoms with Crippen molar-refractivity contribution in [2.45, 2.75) is 25.7 Å². The van der Waals surface area contributed by atoms with Gasteiger partial charge in [0.1, 0.15) is 5.75 Å². The zero-order chi connectivity index (χ0) is 13.1. The van der Waals surface area contributed by atoms with Gasteiger partial charge in [0.15, 0.2) is 0 Å². The van der Waals surface area contributed by atoms with Gasteiger partial charge in [0, 0.05) is 13.7 Å². The van der Waals surface area contributed by atoms with Crippen molar-refractivity contribution in [1.82, 2.24) is 5.32 Å². The molecule has 0 spiro atoms. The van der Waals surface area contributed by atoms with Crippen molar-refractivity contribution in [2.75, 3.05) is 33.9 Å². The molecule has 1 N–H and O–H groups in total. The summed E-state index contributed by atoms with van der Waals surface area (Å²) in [5, 5.41) is 3.47. The summed E-state index contributed by atoms with van der Waals surface area (Å²) in [6.45, 7) is 3.02. The van der Waals surface area contributed by atoms with E-state index in [1.54, 1.807) is 14.2 Å². The lowest BCUT2D eigenvalue weighted by Gasteiger charge is -2.06. The summed E-state index contributed by atoms with van der Waals surface area (Å²) in [5.41, 5.74) is 1.35. The van der Waals surface area contributed by atoms with E-state index in [0.717, 1.165) is 38.3 Å². The number of rotatable bonds is 10. The topological polar surface area (TPSA) is 30.5 Å². The van der Waals surface area contributed by atoms with Crippen LogP contribution in [0, 0.1) is 0 Å². The van der Waals surface area contributed by atoms with E-state index in [9.17, 15) is 0 Å². The Morgan fingerprint density at radius 3 is 2.39 bits per heavy atom. The van der Waals surface area contributed by atoms with Gasteiger partial charge in [-0.25, -0.2) is 0 Å². The molecule has 0 aliphatic rings. The zero-order valence-corrected chi connectivity index (χ0v) is 11.6. The molecule has 0 unspecified atom stereocenters. The van der Waals surface area contributed by atoms with Gasteiger partial charge in [0.05, 0.1) is 7.11 Å². The number of hydrogen-bond donors (Lipinski definition) is 1. The molecule has 0 atom stereocenters. The Morgan fingerprint density at radius 1 is 0.944 bits per heavy atom. The van der Waals surface area contributed by atoms with Gasteiger partial charge in [-0.3, -0.25) is 0 Å². The van der Waals surface area contributed by atoms with E-state index in [2.05, 4.69) is 17.4 Å². The van der Waals surface area contributed by atoms with Crippen LogP contribution in [0.1, 0.15) is 24.8 Å². The molecule has 3 nitrogen and oxygen atoms in total. The second-order valence-corrected chi connectivity index (χ2v) is 4.40. The summed E-state index contributed by atoms with van der Waals surface area (Å²) in [4.78, 5) is 0. The minimum Gasteiger partial charge on any atom is -0.497 e. The van der Waals surface area contributed by atoms with Crippen molar-refractivity contribution in [3.05, 3.63) is 29.8 Å². The quantitative estimate of drug-likeness (QED) is 0.648. The summed E-state index contributed by atoms with van der Waals surface area (Å²) in [7, 11) is 3.45. The minimum atomic E-state index is 0.881. The normalized spacial score (nSPS) is 10.6. The number of nitrogens with one attached hydrogen (secondary N) is 1. The van der Waals surface area contributed by atoms with Crippen molar-refractivity contribution < 1.29 is 9.47 Å². The van der Waals surface area contributed by atoms with Crippen molar-refractivity contribution in [1.29, 1.82) is 0 Å². The average Bonchev–Trinajstić information content (AvgIpc) is 2.42. The molecule has 0 saturated heterocycles. The van der Waals surface area contributed by atoms with Gasteiger partial charge in [-0.1, -0.05) is 12.1 Å². The third-order valence-corrected chi connectivity index (χ3v) is 2.95. The monoisotopic (exact) mass is 251 g/mol. The molecule has 0 saturated carbocycles. The van der Waals surface area contributed by atoms with Gasteiger partial charge < -0.3 is 14.8 Å². The van der Waals surface area contributed by atoms with Crippen LogP contribution in [0.25, 0.3) is 0 Å². The molecule has 0 radical (unpaired) electrons. The first-order chi connectivity index (χ1) is 8.86. The lowest BCUT2D eigenvalue weighted by atomic mass is 10.1. The molecule has 0 aliphatic heterocycles. The third-order valence-electron chi connectivity index (χ3n) is 2.95. The number of ether oxygens (including phenoxy) is 2. The second kappa shape index (κ2) is 9.92. The minimum absolute atomic E-state index is 0.881. The van der Waals surface area contributed by atoms with Crippen LogP contribution >= 0.6 is 0 Å². The highest BCUT2D eigenvalue weighted by molar-refractivity contribution is 5.27. The van der Waals surface area contributed by atoms with Gasteiger partial charge in [-0.05, 0) is 56.5 Å². The van der Waals surface area contributed by atoms with Crippen LogP contribution in [-0.2, 0) is 11.2 Å². The SMILES string of the molecule is COCCCCCNCCc1ccc(OC)cc1. The zero-order valence-electron chi connectivity index (χ0n) is 11.6. The standard InChI is InChI=1S/C15H25NO2/c1-17-13-5-3-4-11-16-12-10-14-6-8-15(18-2)9-7-14/h6-9,16H,3-5,10-13H2,1-2H3. The van der Waals surface area contributed by atoms with Crippen LogP contribution in [0.3, 0.4) is 0 Å². The van der Waals surface area contributed by atoms with Crippen molar-refractivity contribution in [3.63, 3.8) is 0 Å². The van der Waals surface area contributed by atoms with E-state index in [1.165, 1.54) is 18.4 Å². The summed E-state index contributed by atoms with van der Waals surface area (Å²) >= 11 is 0. The number of benzene rings is 1. The van der Waals surface area contributed by atoms with Gasteiger partial charge in [-0.2, -0.15) is 0 Å². The molecule has 18 heavy (non-hydrogen) atoms. The summed E-state index contributed by atoms with van der Waals surface area (Å²) in [5.74, 6) is 0.921. The predicted molar refractivity (Wildman–Crippen MR) is 75.3 cm³/mol. The first-order valence-electron chi connectivity index (χ1n) is 6.69. The third kappa shape index (κ3) is 6.62. The largest absolute Gasteiger partial charge is 0.497 e. The lowest BCUT2D eigenvalue weighted by Crippen LogP contribution is -2.18. The maximum absolute atomic E-state index is 5.13. The fourth-order valence-electron chi connectivity index (χ4n) is 1.82. The molecule has 0 amide bonds. The molecule has 3 heteroatoms. The van der Waals surface area contributed by atoms with Gasteiger partial charge >= 0.3 is 0 Å². The van der Waals surface area contributed by atoms with E-state index in [-0.39, 0.29) is 0 Å². The highest BCUT2D eigenvalue weighted by atomic mass is 16.5. The van der Waals surface area contributed by atoms with Crippen LogP contribution in [0.5, 0.6) is 5.75 Å². The molecule has 0 aliphatic carbocycles. The predicted octanol–water partition coefficient (Wildman–Crippen LogP) is 2.64. The number of unbranched alkanes of at least 4 members (excludes halogenated alkanes) is 2. The maximum Gasteiger partial charge on any atom is 0.118 e. The van der Waals surface area contributed by atoms with E-state index < -0.39 is 0 Å². The smallest absolute Gasteiger partial charge is 0.118 e. The molecule has 1 rings (SSSR count).